The number of aromatic nitrogens is 2. The molecule has 0 saturated carbocycles. The molecular weight excluding hydrogens is 409 g/mol. The van der Waals surface area contributed by atoms with E-state index in [1.807, 2.05) is 0 Å². The number of nitrogens with one attached hydrogen (secondary N) is 1. The maximum Gasteiger partial charge on any atom is 0.446 e. The fourth-order valence-corrected chi connectivity index (χ4v) is 2.72. The third kappa shape index (κ3) is 6.86. The van der Waals surface area contributed by atoms with Crippen LogP contribution in [0.15, 0.2) is 58.2 Å². The molecule has 0 spiro atoms. The minimum Gasteiger partial charge on any atom is -0.472 e. The number of halogens is 3. The van der Waals surface area contributed by atoms with E-state index in [0.717, 1.165) is 0 Å². The Morgan fingerprint density at radius 3 is 2.59 bits per heavy atom. The Morgan fingerprint density at radius 1 is 1.31 bits per heavy atom. The molecule has 2 aromatic rings. The van der Waals surface area contributed by atoms with Crippen LogP contribution in [0.2, 0.25) is 0 Å². The number of hydrogen-bond donors (Lipinski definition) is 1. The summed E-state index contributed by atoms with van der Waals surface area (Å²) in [5, 5.41) is 10.4. The summed E-state index contributed by atoms with van der Waals surface area (Å²) in [5.74, 6) is -0.0787. The molecule has 11 heteroatoms. The van der Waals surface area contributed by atoms with Crippen molar-refractivity contribution in [3.05, 3.63) is 48.2 Å². The van der Waals surface area contributed by atoms with Crippen molar-refractivity contribution in [2.24, 2.45) is 5.16 Å². The molecule has 1 N–H and O–H groups in total. The average molecular weight is 428 g/mol. The molecule has 156 valence electrons. The van der Waals surface area contributed by atoms with Gasteiger partial charge in [-0.15, -0.1) is 5.10 Å². The van der Waals surface area contributed by atoms with Gasteiger partial charge in [0, 0.05) is 24.2 Å². The van der Waals surface area contributed by atoms with Crippen molar-refractivity contribution >= 4 is 23.4 Å². The van der Waals surface area contributed by atoms with Crippen molar-refractivity contribution in [3.63, 3.8) is 0 Å². The Balaban J connectivity index is 2.00. The number of thioether (sulfide) groups is 1. The number of ether oxygens (including phenoxy) is 1. The predicted molar refractivity (Wildman–Crippen MR) is 103 cm³/mol. The van der Waals surface area contributed by atoms with Gasteiger partial charge in [-0.1, -0.05) is 5.16 Å². The van der Waals surface area contributed by atoms with E-state index in [4.69, 9.17) is 4.74 Å². The van der Waals surface area contributed by atoms with E-state index >= 15 is 0 Å². The Kier molecular flexibility index (Phi) is 7.71. The topological polar surface area (TPSA) is 77.7 Å². The van der Waals surface area contributed by atoms with Crippen molar-refractivity contribution < 1.29 is 27.5 Å². The molecule has 0 atom stereocenters. The van der Waals surface area contributed by atoms with Crippen molar-refractivity contribution in [2.75, 3.05) is 20.8 Å². The molecule has 0 aliphatic rings. The third-order valence-corrected chi connectivity index (χ3v) is 4.26. The molecular formula is C18H19F3N4O3S. The Bertz CT molecular complexity index is 893. The van der Waals surface area contributed by atoms with Crippen molar-refractivity contribution in [1.29, 1.82) is 0 Å². The van der Waals surface area contributed by atoms with Gasteiger partial charge in [0.15, 0.2) is 5.71 Å². The first-order chi connectivity index (χ1) is 13.7. The van der Waals surface area contributed by atoms with Gasteiger partial charge in [0.1, 0.15) is 13.7 Å². The highest BCUT2D eigenvalue weighted by Gasteiger charge is 2.29. The van der Waals surface area contributed by atoms with Gasteiger partial charge in [-0.3, -0.25) is 4.79 Å². The highest BCUT2D eigenvalue weighted by Crippen LogP contribution is 2.36. The zero-order valence-electron chi connectivity index (χ0n) is 15.9. The van der Waals surface area contributed by atoms with E-state index in [2.05, 4.69) is 20.4 Å². The molecule has 7 nitrogen and oxygen atoms in total. The number of alkyl halides is 3. The molecule has 0 unspecified atom stereocenters. The number of carbonyl (C=O) groups excluding carboxylic acids is 1. The van der Waals surface area contributed by atoms with Crippen LogP contribution in [0.25, 0.3) is 5.69 Å². The number of amides is 1. The van der Waals surface area contributed by atoms with E-state index < -0.39 is 11.4 Å². The first-order valence-electron chi connectivity index (χ1n) is 8.28. The molecule has 0 radical (unpaired) electrons. The van der Waals surface area contributed by atoms with Gasteiger partial charge in [0.25, 0.3) is 5.91 Å². The van der Waals surface area contributed by atoms with Crippen LogP contribution in [-0.2, 0) is 9.63 Å². The summed E-state index contributed by atoms with van der Waals surface area (Å²) in [6, 6.07) is 7.43. The molecule has 1 aromatic heterocycles. The summed E-state index contributed by atoms with van der Waals surface area (Å²) in [6.07, 6.45) is 3.27. The molecule has 1 aromatic carbocycles. The lowest BCUT2D eigenvalue weighted by Crippen LogP contribution is -2.28. The van der Waals surface area contributed by atoms with Gasteiger partial charge < -0.3 is 14.9 Å². The fourth-order valence-electron chi connectivity index (χ4n) is 2.18. The van der Waals surface area contributed by atoms with Gasteiger partial charge in [0.2, 0.25) is 5.88 Å². The van der Waals surface area contributed by atoms with Crippen LogP contribution >= 0.6 is 11.8 Å². The summed E-state index contributed by atoms with van der Waals surface area (Å²) in [5.41, 5.74) is -3.05. The standard InChI is InChI=1S/C18H19F3N4O3S/c1-12(16(24-27-3)17(26)22-2)9-11-28-15-8-10-25(23-15)13-4-6-14(7-5-13)29-18(19,20)21/h4-10H,11H2,1-3H3,(H,22,26). The maximum atomic E-state index is 12.4. The second-order valence-corrected chi connectivity index (χ2v) is 6.68. The van der Waals surface area contributed by atoms with Gasteiger partial charge in [-0.25, -0.2) is 4.68 Å². The zero-order valence-corrected chi connectivity index (χ0v) is 16.7. The number of hydrogen-bond acceptors (Lipinski definition) is 6. The Hall–Kier alpha value is -2.95. The highest BCUT2D eigenvalue weighted by atomic mass is 32.2. The monoisotopic (exact) mass is 428 g/mol. The fraction of sp³-hybridized carbons (Fsp3) is 0.278. The molecule has 0 saturated heterocycles. The first-order valence-corrected chi connectivity index (χ1v) is 9.10. The summed E-state index contributed by atoms with van der Waals surface area (Å²) in [7, 11) is 2.83. The molecule has 0 aliphatic carbocycles. The first kappa shape index (κ1) is 22.3. The van der Waals surface area contributed by atoms with E-state index in [1.165, 1.54) is 43.1 Å². The smallest absolute Gasteiger partial charge is 0.446 e. The van der Waals surface area contributed by atoms with Crippen LogP contribution in [0.3, 0.4) is 0 Å². The second kappa shape index (κ2) is 10.0. The van der Waals surface area contributed by atoms with Crippen molar-refractivity contribution in [3.8, 4) is 11.6 Å². The van der Waals surface area contributed by atoms with Crippen LogP contribution in [0.5, 0.6) is 5.88 Å². The molecule has 2 rings (SSSR count). The van der Waals surface area contributed by atoms with Crippen LogP contribution in [0.1, 0.15) is 6.92 Å². The molecule has 0 aliphatic heterocycles. The molecule has 29 heavy (non-hydrogen) atoms. The lowest BCUT2D eigenvalue weighted by Gasteiger charge is -2.07. The molecule has 1 heterocycles. The number of carbonyl (C=O) groups is 1. The minimum atomic E-state index is -4.33. The van der Waals surface area contributed by atoms with E-state index in [1.54, 1.807) is 25.3 Å². The molecule has 1 amide bonds. The summed E-state index contributed by atoms with van der Waals surface area (Å²) >= 11 is -0.175. The predicted octanol–water partition coefficient (Wildman–Crippen LogP) is 3.56. The number of oxime groups is 1. The van der Waals surface area contributed by atoms with Crippen LogP contribution in [0.4, 0.5) is 13.2 Å². The largest absolute Gasteiger partial charge is 0.472 e. The average Bonchev–Trinajstić information content (AvgIpc) is 3.13. The second-order valence-electron chi connectivity index (χ2n) is 5.54. The van der Waals surface area contributed by atoms with E-state index in [9.17, 15) is 18.0 Å². The summed E-state index contributed by atoms with van der Waals surface area (Å²) in [4.78, 5) is 16.5. The van der Waals surface area contributed by atoms with Gasteiger partial charge in [0.05, 0.1) is 5.69 Å². The van der Waals surface area contributed by atoms with Crippen molar-refractivity contribution in [2.45, 2.75) is 17.3 Å². The summed E-state index contributed by atoms with van der Waals surface area (Å²) < 4.78 is 44.2. The van der Waals surface area contributed by atoms with Crippen LogP contribution in [0, 0.1) is 0 Å². The minimum absolute atomic E-state index is 0.0927. The quantitative estimate of drug-likeness (QED) is 0.395. The van der Waals surface area contributed by atoms with Crippen molar-refractivity contribution in [1.82, 2.24) is 15.1 Å². The lowest BCUT2D eigenvalue weighted by atomic mass is 10.1. The SMILES string of the molecule is CNC(=O)C(=NOC)C(C)=CCOc1ccn(-c2ccc(SC(F)(F)F)cc2)n1. The maximum absolute atomic E-state index is 12.4. The van der Waals surface area contributed by atoms with Gasteiger partial charge in [-0.05, 0) is 54.6 Å². The zero-order chi connectivity index (χ0) is 21.4. The lowest BCUT2D eigenvalue weighted by molar-refractivity contribution is -0.114. The molecule has 0 fully saturated rings. The Morgan fingerprint density at radius 2 is 2.00 bits per heavy atom. The van der Waals surface area contributed by atoms with E-state index in [0.29, 0.717) is 17.1 Å². The third-order valence-electron chi connectivity index (χ3n) is 3.52. The van der Waals surface area contributed by atoms with E-state index in [-0.39, 0.29) is 29.0 Å². The van der Waals surface area contributed by atoms with Crippen LogP contribution < -0.4 is 10.1 Å². The summed E-state index contributed by atoms with van der Waals surface area (Å²) in [6.45, 7) is 1.82. The van der Waals surface area contributed by atoms with Crippen LogP contribution in [-0.4, -0.2) is 47.7 Å². The normalized spacial score (nSPS) is 12.6. The highest BCUT2D eigenvalue weighted by molar-refractivity contribution is 8.00. The number of nitrogens with zero attached hydrogens (tertiary/aromatic N) is 3. The van der Waals surface area contributed by atoms with Gasteiger partial charge in [-0.2, -0.15) is 13.2 Å². The van der Waals surface area contributed by atoms with Gasteiger partial charge >= 0.3 is 5.51 Å². The number of benzene rings is 1. The number of rotatable bonds is 8. The Labute approximate surface area is 169 Å². The molecule has 0 bridgehead atoms.